The number of likely N-dealkylation sites (tertiary alicyclic amines) is 1. The Morgan fingerprint density at radius 3 is 2.30 bits per heavy atom. The smallest absolute Gasteiger partial charge is 0.251 e. The lowest BCUT2D eigenvalue weighted by Crippen LogP contribution is -2.48. The van der Waals surface area contributed by atoms with E-state index in [1.165, 1.54) is 32.1 Å². The maximum absolute atomic E-state index is 12.3. The van der Waals surface area contributed by atoms with Crippen molar-refractivity contribution in [1.82, 2.24) is 10.2 Å². The van der Waals surface area contributed by atoms with Crippen LogP contribution >= 0.6 is 0 Å². The number of benzene rings is 1. The van der Waals surface area contributed by atoms with Crippen molar-refractivity contribution < 1.29 is 4.79 Å². The molecule has 3 N–H and O–H groups in total. The first-order valence-electron chi connectivity index (χ1n) is 9.10. The molecule has 1 saturated carbocycles. The summed E-state index contributed by atoms with van der Waals surface area (Å²) in [5, 5.41) is 3.20. The van der Waals surface area contributed by atoms with Crippen molar-refractivity contribution in [2.75, 3.05) is 13.1 Å². The standard InChI is InChI=1S/C19H29N3O/c20-14-15-6-8-16(9-7-15)19(23)21-17-10-12-22(13-11-17)18-4-2-1-3-5-18/h6-9,17-18H,1-5,10-14,20H2,(H,21,23). The van der Waals surface area contributed by atoms with Crippen molar-refractivity contribution in [3.8, 4) is 0 Å². The third kappa shape index (κ3) is 4.33. The van der Waals surface area contributed by atoms with E-state index in [0.717, 1.165) is 43.1 Å². The van der Waals surface area contributed by atoms with E-state index in [2.05, 4.69) is 10.2 Å². The monoisotopic (exact) mass is 315 g/mol. The zero-order valence-corrected chi connectivity index (χ0v) is 14.0. The summed E-state index contributed by atoms with van der Waals surface area (Å²) in [6.45, 7) is 2.77. The summed E-state index contributed by atoms with van der Waals surface area (Å²) >= 11 is 0. The molecule has 1 aromatic rings. The molecule has 1 aliphatic carbocycles. The average Bonchev–Trinajstić information content (AvgIpc) is 2.63. The molecule has 1 amide bonds. The van der Waals surface area contributed by atoms with Crippen molar-refractivity contribution in [3.05, 3.63) is 35.4 Å². The normalized spacial score (nSPS) is 21.3. The van der Waals surface area contributed by atoms with Crippen LogP contribution in [0, 0.1) is 0 Å². The highest BCUT2D eigenvalue weighted by Crippen LogP contribution is 2.25. The molecular weight excluding hydrogens is 286 g/mol. The van der Waals surface area contributed by atoms with E-state index in [4.69, 9.17) is 5.73 Å². The highest BCUT2D eigenvalue weighted by Gasteiger charge is 2.26. The minimum Gasteiger partial charge on any atom is -0.349 e. The molecule has 1 saturated heterocycles. The molecule has 4 heteroatoms. The Hall–Kier alpha value is -1.39. The number of amides is 1. The fraction of sp³-hybridized carbons (Fsp3) is 0.632. The van der Waals surface area contributed by atoms with Gasteiger partial charge in [0.25, 0.3) is 5.91 Å². The van der Waals surface area contributed by atoms with Crippen molar-refractivity contribution in [2.24, 2.45) is 5.73 Å². The molecule has 1 aromatic carbocycles. The summed E-state index contributed by atoms with van der Waals surface area (Å²) in [4.78, 5) is 15.0. The van der Waals surface area contributed by atoms with Gasteiger partial charge in [-0.15, -0.1) is 0 Å². The molecule has 0 unspecified atom stereocenters. The van der Waals surface area contributed by atoms with Crippen molar-refractivity contribution in [2.45, 2.75) is 63.6 Å². The summed E-state index contributed by atoms with van der Waals surface area (Å²) in [7, 11) is 0. The Labute approximate surface area is 139 Å². The molecule has 2 aliphatic rings. The predicted molar refractivity (Wildman–Crippen MR) is 93.3 cm³/mol. The molecule has 1 aliphatic heterocycles. The number of hydrogen-bond donors (Lipinski definition) is 2. The van der Waals surface area contributed by atoms with Gasteiger partial charge in [0.05, 0.1) is 0 Å². The molecule has 3 rings (SSSR count). The van der Waals surface area contributed by atoms with Crippen LogP contribution < -0.4 is 11.1 Å². The highest BCUT2D eigenvalue weighted by molar-refractivity contribution is 5.94. The van der Waals surface area contributed by atoms with Crippen molar-refractivity contribution in [1.29, 1.82) is 0 Å². The Balaban J connectivity index is 1.46. The molecule has 23 heavy (non-hydrogen) atoms. The molecule has 2 fully saturated rings. The van der Waals surface area contributed by atoms with Gasteiger partial charge in [-0.25, -0.2) is 0 Å². The summed E-state index contributed by atoms with van der Waals surface area (Å²) in [5.74, 6) is 0.0460. The summed E-state index contributed by atoms with van der Waals surface area (Å²) in [6.07, 6.45) is 9.06. The minimum absolute atomic E-state index is 0.0460. The molecule has 126 valence electrons. The van der Waals surface area contributed by atoms with Crippen LogP contribution in [0.1, 0.15) is 60.9 Å². The van der Waals surface area contributed by atoms with Gasteiger partial charge in [0.15, 0.2) is 0 Å². The fourth-order valence-corrected chi connectivity index (χ4v) is 3.92. The van der Waals surface area contributed by atoms with E-state index >= 15 is 0 Å². The second-order valence-electron chi connectivity index (χ2n) is 6.98. The van der Waals surface area contributed by atoms with Gasteiger partial charge < -0.3 is 16.0 Å². The number of carbonyl (C=O) groups excluding carboxylic acids is 1. The molecule has 4 nitrogen and oxygen atoms in total. The second kappa shape index (κ2) is 7.93. The van der Waals surface area contributed by atoms with Crippen LogP contribution in [0.3, 0.4) is 0 Å². The molecule has 0 spiro atoms. The van der Waals surface area contributed by atoms with Crippen LogP contribution in [0.2, 0.25) is 0 Å². The number of carbonyl (C=O) groups is 1. The van der Waals surface area contributed by atoms with Gasteiger partial charge in [0.1, 0.15) is 0 Å². The fourth-order valence-electron chi connectivity index (χ4n) is 3.92. The molecular formula is C19H29N3O. The molecule has 0 atom stereocenters. The third-order valence-corrected chi connectivity index (χ3v) is 5.41. The number of hydrogen-bond acceptors (Lipinski definition) is 3. The summed E-state index contributed by atoms with van der Waals surface area (Å²) < 4.78 is 0. The Morgan fingerprint density at radius 1 is 1.04 bits per heavy atom. The number of piperidine rings is 1. The Bertz CT molecular complexity index is 500. The molecule has 0 aromatic heterocycles. The number of nitrogens with zero attached hydrogens (tertiary/aromatic N) is 1. The minimum atomic E-state index is 0.0460. The van der Waals surface area contributed by atoms with Gasteiger partial charge in [-0.2, -0.15) is 0 Å². The van der Waals surface area contributed by atoms with Gasteiger partial charge in [0, 0.05) is 37.3 Å². The van der Waals surface area contributed by atoms with E-state index in [0.29, 0.717) is 12.6 Å². The Morgan fingerprint density at radius 2 is 1.70 bits per heavy atom. The van der Waals surface area contributed by atoms with Crippen LogP contribution in [0.15, 0.2) is 24.3 Å². The average molecular weight is 315 g/mol. The highest BCUT2D eigenvalue weighted by atomic mass is 16.1. The number of rotatable bonds is 4. The lowest BCUT2D eigenvalue weighted by atomic mass is 9.92. The first-order chi connectivity index (χ1) is 11.3. The quantitative estimate of drug-likeness (QED) is 0.898. The largest absolute Gasteiger partial charge is 0.349 e. The predicted octanol–water partition coefficient (Wildman–Crippen LogP) is 2.67. The van der Waals surface area contributed by atoms with E-state index in [9.17, 15) is 4.79 Å². The van der Waals surface area contributed by atoms with Crippen LogP contribution in [-0.2, 0) is 6.54 Å². The topological polar surface area (TPSA) is 58.4 Å². The van der Waals surface area contributed by atoms with Gasteiger partial charge >= 0.3 is 0 Å². The lowest BCUT2D eigenvalue weighted by molar-refractivity contribution is 0.0865. The van der Waals surface area contributed by atoms with Crippen molar-refractivity contribution >= 4 is 5.91 Å². The van der Waals surface area contributed by atoms with E-state index in [1.807, 2.05) is 24.3 Å². The summed E-state index contributed by atoms with van der Waals surface area (Å²) in [6, 6.07) is 8.71. The lowest BCUT2D eigenvalue weighted by Gasteiger charge is -2.39. The van der Waals surface area contributed by atoms with Crippen LogP contribution in [0.5, 0.6) is 0 Å². The summed E-state index contributed by atoms with van der Waals surface area (Å²) in [5.41, 5.74) is 7.39. The third-order valence-electron chi connectivity index (χ3n) is 5.41. The van der Waals surface area contributed by atoms with Crippen LogP contribution in [-0.4, -0.2) is 36.0 Å². The number of nitrogens with one attached hydrogen (secondary N) is 1. The van der Waals surface area contributed by atoms with E-state index < -0.39 is 0 Å². The van der Waals surface area contributed by atoms with Crippen molar-refractivity contribution in [3.63, 3.8) is 0 Å². The van der Waals surface area contributed by atoms with E-state index in [1.54, 1.807) is 0 Å². The van der Waals surface area contributed by atoms with Gasteiger partial charge in [-0.05, 0) is 43.4 Å². The first-order valence-corrected chi connectivity index (χ1v) is 9.10. The maximum Gasteiger partial charge on any atom is 0.251 e. The van der Waals surface area contributed by atoms with E-state index in [-0.39, 0.29) is 5.91 Å². The maximum atomic E-state index is 12.3. The van der Waals surface area contributed by atoms with Crippen LogP contribution in [0.25, 0.3) is 0 Å². The molecule has 0 radical (unpaired) electrons. The zero-order valence-electron chi connectivity index (χ0n) is 14.0. The zero-order chi connectivity index (χ0) is 16.1. The number of nitrogens with two attached hydrogens (primary N) is 1. The van der Waals surface area contributed by atoms with Gasteiger partial charge in [-0.3, -0.25) is 4.79 Å². The Kier molecular flexibility index (Phi) is 5.68. The van der Waals surface area contributed by atoms with Gasteiger partial charge in [-0.1, -0.05) is 31.4 Å². The first kappa shape index (κ1) is 16.5. The molecule has 0 bridgehead atoms. The second-order valence-corrected chi connectivity index (χ2v) is 6.98. The van der Waals surface area contributed by atoms with Crippen LogP contribution in [0.4, 0.5) is 0 Å². The van der Waals surface area contributed by atoms with Gasteiger partial charge in [0.2, 0.25) is 0 Å². The molecule has 1 heterocycles. The SMILES string of the molecule is NCc1ccc(C(=O)NC2CCN(C3CCCCC3)CC2)cc1.